The van der Waals surface area contributed by atoms with Gasteiger partial charge in [-0.05, 0) is 54.8 Å². The third kappa shape index (κ3) is 3.12. The number of aryl methyl sites for hydroxylation is 1. The summed E-state index contributed by atoms with van der Waals surface area (Å²) in [4.78, 5) is 8.83. The number of pyridine rings is 1. The van der Waals surface area contributed by atoms with E-state index in [1.54, 1.807) is 12.4 Å². The van der Waals surface area contributed by atoms with Crippen molar-refractivity contribution in [3.8, 4) is 16.9 Å². The van der Waals surface area contributed by atoms with Crippen molar-refractivity contribution in [3.63, 3.8) is 0 Å². The highest BCUT2D eigenvalue weighted by atomic mass is 16.5. The van der Waals surface area contributed by atoms with Crippen LogP contribution in [-0.4, -0.2) is 17.9 Å². The molecule has 1 aliphatic heterocycles. The van der Waals surface area contributed by atoms with Gasteiger partial charge in [-0.2, -0.15) is 0 Å². The largest absolute Gasteiger partial charge is 0.494 e. The molecule has 0 fully saturated rings. The third-order valence-electron chi connectivity index (χ3n) is 4.68. The van der Waals surface area contributed by atoms with Gasteiger partial charge in [-0.15, -0.1) is 10.2 Å². The number of benzene rings is 2. The van der Waals surface area contributed by atoms with Gasteiger partial charge in [0.15, 0.2) is 0 Å². The fraction of sp³-hybridized carbons (Fsp3) is 0.182. The third-order valence-corrected chi connectivity index (χ3v) is 4.68. The molecule has 1 aromatic heterocycles. The Labute approximate surface area is 158 Å². The lowest BCUT2D eigenvalue weighted by Crippen LogP contribution is -2.21. The number of aliphatic imine (C=N–C) groups is 1. The maximum Gasteiger partial charge on any atom is 0.224 e. The highest BCUT2D eigenvalue weighted by Gasteiger charge is 2.36. The summed E-state index contributed by atoms with van der Waals surface area (Å²) in [5.41, 5.74) is 4.42. The molecule has 0 amide bonds. The summed E-state index contributed by atoms with van der Waals surface area (Å²) in [6.07, 6.45) is 5.04. The van der Waals surface area contributed by atoms with Crippen LogP contribution in [0.2, 0.25) is 0 Å². The van der Waals surface area contributed by atoms with Crippen LogP contribution >= 0.6 is 0 Å². The Morgan fingerprint density at radius 3 is 2.52 bits per heavy atom. The number of azo groups is 1. The number of ether oxygens (including phenoxy) is 1. The van der Waals surface area contributed by atoms with Crippen LogP contribution in [0.5, 0.6) is 5.75 Å². The minimum absolute atomic E-state index is 0.657. The lowest BCUT2D eigenvalue weighted by atomic mass is 9.89. The molecule has 4 rings (SSSR count). The van der Waals surface area contributed by atoms with Crippen molar-refractivity contribution >= 4 is 6.34 Å². The molecule has 2 heterocycles. The smallest absolute Gasteiger partial charge is 0.224 e. The fourth-order valence-corrected chi connectivity index (χ4v) is 3.29. The van der Waals surface area contributed by atoms with Crippen molar-refractivity contribution in [1.82, 2.24) is 4.98 Å². The zero-order valence-electron chi connectivity index (χ0n) is 15.3. The molecule has 0 saturated carbocycles. The zero-order chi connectivity index (χ0) is 18.7. The van der Waals surface area contributed by atoms with E-state index in [1.165, 1.54) is 11.9 Å². The molecule has 5 nitrogen and oxygen atoms in total. The van der Waals surface area contributed by atoms with E-state index in [2.05, 4.69) is 57.5 Å². The van der Waals surface area contributed by atoms with E-state index in [0.29, 0.717) is 6.61 Å². The maximum atomic E-state index is 5.55. The molecule has 134 valence electrons. The van der Waals surface area contributed by atoms with Crippen molar-refractivity contribution in [2.75, 3.05) is 6.61 Å². The number of nitrogens with zero attached hydrogens (tertiary/aromatic N) is 4. The van der Waals surface area contributed by atoms with Crippen molar-refractivity contribution in [2.24, 2.45) is 15.2 Å². The summed E-state index contributed by atoms with van der Waals surface area (Å²) in [5.74, 6) is 0.871. The van der Waals surface area contributed by atoms with Crippen LogP contribution in [0.4, 0.5) is 0 Å². The normalized spacial score (nSPS) is 18.0. The fourth-order valence-electron chi connectivity index (χ4n) is 3.29. The predicted octanol–water partition coefficient (Wildman–Crippen LogP) is 5.15. The predicted molar refractivity (Wildman–Crippen MR) is 106 cm³/mol. The van der Waals surface area contributed by atoms with Gasteiger partial charge in [-0.3, -0.25) is 4.98 Å². The number of aromatic nitrogens is 1. The molecule has 0 bridgehead atoms. The van der Waals surface area contributed by atoms with Gasteiger partial charge >= 0.3 is 0 Å². The second kappa shape index (κ2) is 7.11. The Kier molecular flexibility index (Phi) is 4.50. The summed E-state index contributed by atoms with van der Waals surface area (Å²) in [7, 11) is 0. The molecule has 1 atom stereocenters. The second-order valence-corrected chi connectivity index (χ2v) is 6.36. The Bertz CT molecular complexity index is 983. The first-order valence-electron chi connectivity index (χ1n) is 8.93. The SMILES string of the molecule is CCOc1ccc(-c2cc(C3(c4cccnc4)N=CN=N3)ccc2C)cc1. The molecule has 3 aromatic rings. The molecule has 1 aliphatic rings. The average molecular weight is 356 g/mol. The molecule has 0 spiro atoms. The molecule has 0 aliphatic carbocycles. The summed E-state index contributed by atoms with van der Waals surface area (Å²) >= 11 is 0. The number of hydrogen-bond acceptors (Lipinski definition) is 5. The maximum absolute atomic E-state index is 5.55. The van der Waals surface area contributed by atoms with E-state index in [9.17, 15) is 0 Å². The molecule has 0 radical (unpaired) electrons. The van der Waals surface area contributed by atoms with Gasteiger partial charge in [0.25, 0.3) is 0 Å². The molecule has 27 heavy (non-hydrogen) atoms. The lowest BCUT2D eigenvalue weighted by Gasteiger charge is -2.23. The van der Waals surface area contributed by atoms with Gasteiger partial charge in [0, 0.05) is 23.5 Å². The Morgan fingerprint density at radius 2 is 1.85 bits per heavy atom. The summed E-state index contributed by atoms with van der Waals surface area (Å²) in [5, 5.41) is 8.49. The first-order valence-corrected chi connectivity index (χ1v) is 8.93. The van der Waals surface area contributed by atoms with E-state index >= 15 is 0 Å². The van der Waals surface area contributed by atoms with E-state index < -0.39 is 5.66 Å². The monoisotopic (exact) mass is 356 g/mol. The topological polar surface area (TPSA) is 59.2 Å². The van der Waals surface area contributed by atoms with Gasteiger partial charge in [-0.25, -0.2) is 4.99 Å². The van der Waals surface area contributed by atoms with Crippen LogP contribution in [0.25, 0.3) is 11.1 Å². The van der Waals surface area contributed by atoms with E-state index in [-0.39, 0.29) is 0 Å². The number of hydrogen-bond donors (Lipinski definition) is 0. The molecular weight excluding hydrogens is 336 g/mol. The van der Waals surface area contributed by atoms with Gasteiger partial charge in [0.1, 0.15) is 12.1 Å². The van der Waals surface area contributed by atoms with Crippen molar-refractivity contribution in [2.45, 2.75) is 19.5 Å². The van der Waals surface area contributed by atoms with Crippen LogP contribution in [0.15, 0.2) is 82.2 Å². The summed E-state index contributed by atoms with van der Waals surface area (Å²) in [6.45, 7) is 4.74. The first kappa shape index (κ1) is 17.1. The zero-order valence-corrected chi connectivity index (χ0v) is 15.3. The van der Waals surface area contributed by atoms with E-state index in [1.807, 2.05) is 31.2 Å². The van der Waals surface area contributed by atoms with Crippen LogP contribution in [-0.2, 0) is 5.66 Å². The lowest BCUT2D eigenvalue weighted by molar-refractivity contribution is 0.340. The first-order chi connectivity index (χ1) is 13.2. The minimum atomic E-state index is -0.873. The van der Waals surface area contributed by atoms with Crippen molar-refractivity contribution < 1.29 is 4.74 Å². The Balaban J connectivity index is 1.80. The number of rotatable bonds is 5. The average Bonchev–Trinajstić information content (AvgIpc) is 3.21. The van der Waals surface area contributed by atoms with Gasteiger partial charge < -0.3 is 4.74 Å². The molecule has 5 heteroatoms. The van der Waals surface area contributed by atoms with Crippen molar-refractivity contribution in [1.29, 1.82) is 0 Å². The highest BCUT2D eigenvalue weighted by molar-refractivity contribution is 5.70. The molecule has 2 aromatic carbocycles. The van der Waals surface area contributed by atoms with Gasteiger partial charge in [-0.1, -0.05) is 30.3 Å². The van der Waals surface area contributed by atoms with E-state index in [4.69, 9.17) is 4.74 Å². The summed E-state index contributed by atoms with van der Waals surface area (Å²) in [6, 6.07) is 18.3. The molecule has 0 saturated heterocycles. The molecular formula is C22H20N4O. The Hall–Kier alpha value is -3.34. The van der Waals surface area contributed by atoms with Crippen LogP contribution < -0.4 is 4.74 Å². The minimum Gasteiger partial charge on any atom is -0.494 e. The van der Waals surface area contributed by atoms with Gasteiger partial charge in [0.05, 0.1) is 6.61 Å². The summed E-state index contributed by atoms with van der Waals surface area (Å²) < 4.78 is 5.55. The second-order valence-electron chi connectivity index (χ2n) is 6.36. The van der Waals surface area contributed by atoms with Crippen LogP contribution in [0.1, 0.15) is 23.6 Å². The highest BCUT2D eigenvalue weighted by Crippen LogP contribution is 2.39. The van der Waals surface area contributed by atoms with Gasteiger partial charge in [0.2, 0.25) is 5.66 Å². The van der Waals surface area contributed by atoms with Crippen LogP contribution in [0, 0.1) is 6.92 Å². The standard InChI is InChI=1S/C22H20N4O/c1-3-27-20-10-7-17(8-11-20)21-13-18(9-6-16(21)2)22(24-15-25-26-22)19-5-4-12-23-14-19/h4-15H,3H2,1-2H3. The molecule has 1 unspecified atom stereocenters. The van der Waals surface area contributed by atoms with Crippen LogP contribution in [0.3, 0.4) is 0 Å². The quantitative estimate of drug-likeness (QED) is 0.634. The van der Waals surface area contributed by atoms with Crippen molar-refractivity contribution in [3.05, 3.63) is 83.7 Å². The van der Waals surface area contributed by atoms with E-state index in [0.717, 1.165) is 28.0 Å². The molecule has 0 N–H and O–H groups in total. The Morgan fingerprint density at radius 1 is 1.00 bits per heavy atom.